The maximum Gasteiger partial charge on any atom is 0.109 e. The van der Waals surface area contributed by atoms with Crippen LogP contribution in [-0.4, -0.2) is 9.97 Å². The summed E-state index contributed by atoms with van der Waals surface area (Å²) in [6.07, 6.45) is 7.21. The highest BCUT2D eigenvalue weighted by Gasteiger charge is 2.20. The molecule has 4 heteroatoms. The first kappa shape index (κ1) is 16.2. The van der Waals surface area contributed by atoms with E-state index in [1.54, 1.807) is 0 Å². The Morgan fingerprint density at radius 3 is 2.62 bits per heavy atom. The van der Waals surface area contributed by atoms with Crippen LogP contribution in [0.1, 0.15) is 37.4 Å². The summed E-state index contributed by atoms with van der Waals surface area (Å²) in [5.41, 5.74) is 2.34. The molecule has 0 spiro atoms. The summed E-state index contributed by atoms with van der Waals surface area (Å²) in [6, 6.07) is 17.2. The lowest BCUT2D eigenvalue weighted by molar-refractivity contribution is 0.679. The smallest absolute Gasteiger partial charge is 0.109 e. The average Bonchev–Trinajstić information content (AvgIpc) is 3.29. The number of imidazole rings is 1. The molecular weight excluding hydrogens is 427 g/mol. The predicted octanol–water partition coefficient (Wildman–Crippen LogP) is 6.49. The van der Waals surface area contributed by atoms with Crippen LogP contribution in [0.5, 0.6) is 0 Å². The molecule has 1 fully saturated rings. The van der Waals surface area contributed by atoms with Gasteiger partial charge in [0.25, 0.3) is 0 Å². The van der Waals surface area contributed by atoms with Gasteiger partial charge in [0.05, 0.1) is 11.9 Å². The molecule has 2 nitrogen and oxygen atoms in total. The van der Waals surface area contributed by atoms with Crippen molar-refractivity contribution in [2.75, 3.05) is 0 Å². The summed E-state index contributed by atoms with van der Waals surface area (Å²) < 4.78 is 1.28. The van der Waals surface area contributed by atoms with E-state index in [9.17, 15) is 0 Å². The van der Waals surface area contributed by atoms with Crippen molar-refractivity contribution in [3.63, 3.8) is 0 Å². The van der Waals surface area contributed by atoms with Gasteiger partial charge in [0.1, 0.15) is 5.82 Å². The summed E-state index contributed by atoms with van der Waals surface area (Å²) in [5.74, 6) is 1.79. The molecule has 0 saturated heterocycles. The van der Waals surface area contributed by atoms with Crippen molar-refractivity contribution in [3.8, 4) is 11.3 Å². The molecular formula is C20H19IN2S. The molecule has 0 unspecified atom stereocenters. The van der Waals surface area contributed by atoms with Crippen molar-refractivity contribution in [1.82, 2.24) is 9.97 Å². The van der Waals surface area contributed by atoms with Gasteiger partial charge in [-0.05, 0) is 59.7 Å². The van der Waals surface area contributed by atoms with Crippen molar-refractivity contribution in [1.29, 1.82) is 0 Å². The van der Waals surface area contributed by atoms with Gasteiger partial charge >= 0.3 is 0 Å². The molecule has 1 N–H and O–H groups in total. The molecule has 1 aliphatic carbocycles. The van der Waals surface area contributed by atoms with Crippen LogP contribution in [0.3, 0.4) is 0 Å². The number of halogens is 1. The molecule has 3 aromatic rings. The number of hydrogen-bond acceptors (Lipinski definition) is 2. The Hall–Kier alpha value is -1.27. The molecule has 2 aromatic carbocycles. The summed E-state index contributed by atoms with van der Waals surface area (Å²) in [4.78, 5) is 10.8. The Balaban J connectivity index is 1.61. The first-order valence-corrected chi connectivity index (χ1v) is 10.3. The van der Waals surface area contributed by atoms with Crippen LogP contribution in [0.4, 0.5) is 0 Å². The summed E-state index contributed by atoms with van der Waals surface area (Å²) in [6.45, 7) is 0. The molecule has 1 aliphatic rings. The van der Waals surface area contributed by atoms with Gasteiger partial charge in [0, 0.05) is 24.8 Å². The monoisotopic (exact) mass is 446 g/mol. The third-order valence-corrected chi connectivity index (χ3v) is 6.92. The number of rotatable bonds is 4. The normalized spacial score (nSPS) is 15.0. The van der Waals surface area contributed by atoms with Crippen molar-refractivity contribution < 1.29 is 0 Å². The van der Waals surface area contributed by atoms with E-state index >= 15 is 0 Å². The fourth-order valence-corrected chi connectivity index (χ4v) is 4.82. The van der Waals surface area contributed by atoms with E-state index < -0.39 is 0 Å². The van der Waals surface area contributed by atoms with E-state index in [0.29, 0.717) is 5.92 Å². The van der Waals surface area contributed by atoms with Crippen LogP contribution < -0.4 is 0 Å². The molecule has 0 aliphatic heterocycles. The number of hydrogen-bond donors (Lipinski definition) is 1. The van der Waals surface area contributed by atoms with E-state index in [0.717, 1.165) is 5.69 Å². The number of benzene rings is 2. The van der Waals surface area contributed by atoms with Gasteiger partial charge in [-0.1, -0.05) is 48.9 Å². The maximum absolute atomic E-state index is 4.65. The van der Waals surface area contributed by atoms with E-state index in [1.165, 1.54) is 50.4 Å². The minimum atomic E-state index is 0.626. The highest BCUT2D eigenvalue weighted by Crippen LogP contribution is 2.36. The second-order valence-corrected chi connectivity index (χ2v) is 8.50. The molecule has 0 radical (unpaired) electrons. The van der Waals surface area contributed by atoms with Gasteiger partial charge < -0.3 is 4.98 Å². The Kier molecular flexibility index (Phi) is 4.94. The molecule has 1 saturated carbocycles. The van der Waals surface area contributed by atoms with Crippen LogP contribution in [0.15, 0.2) is 64.5 Å². The van der Waals surface area contributed by atoms with Gasteiger partial charge in [0.2, 0.25) is 0 Å². The minimum absolute atomic E-state index is 0.626. The largest absolute Gasteiger partial charge is 0.342 e. The number of aromatic nitrogens is 2. The molecule has 0 bridgehead atoms. The average molecular weight is 446 g/mol. The minimum Gasteiger partial charge on any atom is -0.342 e. The van der Waals surface area contributed by atoms with Crippen molar-refractivity contribution in [3.05, 3.63) is 64.1 Å². The second kappa shape index (κ2) is 7.31. The van der Waals surface area contributed by atoms with Crippen molar-refractivity contribution in [2.45, 2.75) is 41.4 Å². The summed E-state index contributed by atoms with van der Waals surface area (Å²) in [5, 5.41) is 0. The lowest BCUT2D eigenvalue weighted by atomic mass is 10.1. The topological polar surface area (TPSA) is 28.7 Å². The fraction of sp³-hybridized carbons (Fsp3) is 0.250. The standard InChI is InChI=1S/C20H19IN2S/c21-17-11-10-15(12-19(17)24-16-8-2-1-3-9-16)18-13-22-20(23-18)14-6-4-5-7-14/h1-3,8-14H,4-7H2,(H,22,23). The second-order valence-electron chi connectivity index (χ2n) is 6.22. The first-order chi connectivity index (χ1) is 11.8. The highest BCUT2D eigenvalue weighted by molar-refractivity contribution is 14.1. The molecule has 0 amide bonds. The molecule has 4 rings (SSSR count). The van der Waals surface area contributed by atoms with Gasteiger partial charge in [-0.2, -0.15) is 0 Å². The SMILES string of the molecule is Ic1ccc(-c2cnc(C3CCCC3)[nH]2)cc1Sc1ccccc1. The third kappa shape index (κ3) is 3.54. The predicted molar refractivity (Wildman–Crippen MR) is 109 cm³/mol. The van der Waals surface area contributed by atoms with Crippen LogP contribution in [0.2, 0.25) is 0 Å². The maximum atomic E-state index is 4.65. The summed E-state index contributed by atoms with van der Waals surface area (Å²) >= 11 is 4.23. The van der Waals surface area contributed by atoms with Crippen LogP contribution >= 0.6 is 34.4 Å². The van der Waals surface area contributed by atoms with Crippen molar-refractivity contribution >= 4 is 34.4 Å². The number of nitrogens with zero attached hydrogens (tertiary/aromatic N) is 1. The molecule has 1 heterocycles. The highest BCUT2D eigenvalue weighted by atomic mass is 127. The quantitative estimate of drug-likeness (QED) is 0.464. The van der Waals surface area contributed by atoms with Gasteiger partial charge in [-0.25, -0.2) is 4.98 Å². The third-order valence-electron chi connectivity index (χ3n) is 4.55. The van der Waals surface area contributed by atoms with E-state index in [-0.39, 0.29) is 0 Å². The molecule has 122 valence electrons. The molecule has 24 heavy (non-hydrogen) atoms. The zero-order valence-electron chi connectivity index (χ0n) is 13.3. The summed E-state index contributed by atoms with van der Waals surface area (Å²) in [7, 11) is 0. The van der Waals surface area contributed by atoms with E-state index in [2.05, 4.69) is 81.1 Å². The Labute approximate surface area is 160 Å². The van der Waals surface area contributed by atoms with Gasteiger partial charge in [0.15, 0.2) is 0 Å². The van der Waals surface area contributed by atoms with Crippen LogP contribution in [-0.2, 0) is 0 Å². The van der Waals surface area contributed by atoms with Gasteiger partial charge in [-0.15, -0.1) is 0 Å². The lowest BCUT2D eigenvalue weighted by Gasteiger charge is -2.07. The Morgan fingerprint density at radius 1 is 1.04 bits per heavy atom. The van der Waals surface area contributed by atoms with Crippen LogP contribution in [0, 0.1) is 3.57 Å². The fourth-order valence-electron chi connectivity index (χ4n) is 3.25. The first-order valence-electron chi connectivity index (χ1n) is 8.37. The van der Waals surface area contributed by atoms with Crippen molar-refractivity contribution in [2.24, 2.45) is 0 Å². The Bertz CT molecular complexity index is 823. The van der Waals surface area contributed by atoms with Crippen LogP contribution in [0.25, 0.3) is 11.3 Å². The lowest BCUT2D eigenvalue weighted by Crippen LogP contribution is -1.94. The zero-order valence-corrected chi connectivity index (χ0v) is 16.3. The van der Waals surface area contributed by atoms with Gasteiger partial charge in [-0.3, -0.25) is 0 Å². The molecule has 0 atom stereocenters. The van der Waals surface area contributed by atoms with E-state index in [4.69, 9.17) is 0 Å². The number of H-pyrrole nitrogens is 1. The zero-order chi connectivity index (χ0) is 16.4. The number of nitrogens with one attached hydrogen (secondary N) is 1. The Morgan fingerprint density at radius 2 is 1.83 bits per heavy atom. The molecule has 1 aromatic heterocycles. The number of aromatic amines is 1. The van der Waals surface area contributed by atoms with E-state index in [1.807, 2.05) is 18.0 Å².